The summed E-state index contributed by atoms with van der Waals surface area (Å²) in [5.41, 5.74) is 3.17. The number of benzene rings is 1. The van der Waals surface area contributed by atoms with E-state index < -0.39 is 0 Å². The second kappa shape index (κ2) is 5.45. The molecule has 3 heteroatoms. The van der Waals surface area contributed by atoms with Gasteiger partial charge in [-0.1, -0.05) is 35.2 Å². The molecule has 104 valence electrons. The molecule has 0 aromatic heterocycles. The van der Waals surface area contributed by atoms with Crippen molar-refractivity contribution in [2.24, 2.45) is 0 Å². The Kier molecular flexibility index (Phi) is 3.86. The number of rotatable bonds is 1. The SMILES string of the molecule is Cc1cc(Br)ccc1N1CCNC2(CCCCC2)C1. The highest BCUT2D eigenvalue weighted by atomic mass is 79.9. The molecule has 0 unspecified atom stereocenters. The Morgan fingerprint density at radius 2 is 2.00 bits per heavy atom. The van der Waals surface area contributed by atoms with Crippen molar-refractivity contribution in [1.29, 1.82) is 0 Å². The number of hydrogen-bond acceptors (Lipinski definition) is 2. The minimum Gasteiger partial charge on any atom is -0.368 e. The summed E-state index contributed by atoms with van der Waals surface area (Å²) in [6.45, 7) is 5.64. The maximum absolute atomic E-state index is 3.81. The second-order valence-electron chi connectivity index (χ2n) is 6.12. The Morgan fingerprint density at radius 1 is 1.21 bits per heavy atom. The molecule has 1 heterocycles. The monoisotopic (exact) mass is 322 g/mol. The lowest BCUT2D eigenvalue weighted by atomic mass is 9.80. The summed E-state index contributed by atoms with van der Waals surface area (Å²) in [4.78, 5) is 2.59. The first kappa shape index (κ1) is 13.4. The third-order valence-electron chi connectivity index (χ3n) is 4.69. The smallest absolute Gasteiger partial charge is 0.0397 e. The zero-order chi connectivity index (χ0) is 13.3. The largest absolute Gasteiger partial charge is 0.368 e. The standard InChI is InChI=1S/C16H23BrN2/c1-13-11-14(17)5-6-15(13)19-10-9-18-16(12-19)7-3-2-4-8-16/h5-6,11,18H,2-4,7-10,12H2,1H3. The maximum Gasteiger partial charge on any atom is 0.0397 e. The molecule has 1 aliphatic heterocycles. The number of nitrogens with one attached hydrogen (secondary N) is 1. The van der Waals surface area contributed by atoms with Crippen molar-refractivity contribution in [2.45, 2.75) is 44.6 Å². The molecule has 1 saturated heterocycles. The van der Waals surface area contributed by atoms with Gasteiger partial charge in [0.1, 0.15) is 0 Å². The zero-order valence-electron chi connectivity index (χ0n) is 11.7. The van der Waals surface area contributed by atoms with Crippen molar-refractivity contribution in [2.75, 3.05) is 24.5 Å². The lowest BCUT2D eigenvalue weighted by Gasteiger charge is -2.47. The first-order chi connectivity index (χ1) is 9.19. The van der Waals surface area contributed by atoms with Crippen LogP contribution in [-0.4, -0.2) is 25.2 Å². The Labute approximate surface area is 124 Å². The van der Waals surface area contributed by atoms with E-state index in [1.807, 2.05) is 0 Å². The summed E-state index contributed by atoms with van der Waals surface area (Å²) in [7, 11) is 0. The van der Waals surface area contributed by atoms with Crippen molar-refractivity contribution < 1.29 is 0 Å². The van der Waals surface area contributed by atoms with Crippen LogP contribution in [0.5, 0.6) is 0 Å². The van der Waals surface area contributed by atoms with E-state index >= 15 is 0 Å². The molecule has 2 nitrogen and oxygen atoms in total. The summed E-state index contributed by atoms with van der Waals surface area (Å²) in [6.07, 6.45) is 6.89. The molecule has 2 fully saturated rings. The van der Waals surface area contributed by atoms with E-state index in [0.29, 0.717) is 5.54 Å². The molecule has 0 radical (unpaired) electrons. The van der Waals surface area contributed by atoms with E-state index in [1.165, 1.54) is 54.4 Å². The van der Waals surface area contributed by atoms with Crippen LogP contribution >= 0.6 is 15.9 Å². The van der Waals surface area contributed by atoms with Crippen LogP contribution in [0.25, 0.3) is 0 Å². The van der Waals surface area contributed by atoms with Crippen molar-refractivity contribution in [3.8, 4) is 0 Å². The van der Waals surface area contributed by atoms with Gasteiger partial charge in [0.2, 0.25) is 0 Å². The van der Waals surface area contributed by atoms with Gasteiger partial charge in [-0.3, -0.25) is 0 Å². The van der Waals surface area contributed by atoms with Crippen LogP contribution in [0, 0.1) is 6.92 Å². The van der Waals surface area contributed by atoms with Crippen molar-refractivity contribution >= 4 is 21.6 Å². The van der Waals surface area contributed by atoms with Gasteiger partial charge < -0.3 is 10.2 Å². The van der Waals surface area contributed by atoms with E-state index in [2.05, 4.69) is 51.3 Å². The Bertz CT molecular complexity index is 447. The van der Waals surface area contributed by atoms with Crippen LogP contribution in [0.4, 0.5) is 5.69 Å². The predicted molar refractivity (Wildman–Crippen MR) is 84.9 cm³/mol. The number of aryl methyl sites for hydroxylation is 1. The molecule has 1 aliphatic carbocycles. The van der Waals surface area contributed by atoms with Crippen LogP contribution < -0.4 is 10.2 Å². The highest BCUT2D eigenvalue weighted by Gasteiger charge is 2.36. The van der Waals surface area contributed by atoms with Gasteiger partial charge in [-0.15, -0.1) is 0 Å². The maximum atomic E-state index is 3.81. The van der Waals surface area contributed by atoms with Crippen LogP contribution in [0.15, 0.2) is 22.7 Å². The van der Waals surface area contributed by atoms with Crippen LogP contribution in [0.1, 0.15) is 37.7 Å². The summed E-state index contributed by atoms with van der Waals surface area (Å²) in [5, 5.41) is 3.81. The van der Waals surface area contributed by atoms with E-state index in [9.17, 15) is 0 Å². The van der Waals surface area contributed by atoms with Crippen molar-refractivity contribution in [3.05, 3.63) is 28.2 Å². The minimum absolute atomic E-state index is 0.385. The average molecular weight is 323 g/mol. The highest BCUT2D eigenvalue weighted by Crippen LogP contribution is 2.33. The lowest BCUT2D eigenvalue weighted by molar-refractivity contribution is 0.216. The fourth-order valence-electron chi connectivity index (χ4n) is 3.70. The van der Waals surface area contributed by atoms with Crippen LogP contribution in [0.3, 0.4) is 0 Å². The molecule has 1 spiro atoms. The number of piperazine rings is 1. The quantitative estimate of drug-likeness (QED) is 0.844. The summed E-state index contributed by atoms with van der Waals surface area (Å²) in [5.74, 6) is 0. The van der Waals surface area contributed by atoms with E-state index in [1.54, 1.807) is 0 Å². The Balaban J connectivity index is 1.81. The first-order valence-corrected chi connectivity index (χ1v) is 8.24. The second-order valence-corrected chi connectivity index (χ2v) is 7.04. The molecule has 1 aromatic carbocycles. The van der Waals surface area contributed by atoms with E-state index in [4.69, 9.17) is 0 Å². The van der Waals surface area contributed by atoms with Gasteiger partial charge in [0.15, 0.2) is 0 Å². The predicted octanol–water partition coefficient (Wildman–Crippen LogP) is 3.87. The summed E-state index contributed by atoms with van der Waals surface area (Å²) < 4.78 is 1.18. The Morgan fingerprint density at radius 3 is 2.74 bits per heavy atom. The number of anilines is 1. The summed E-state index contributed by atoms with van der Waals surface area (Å²) in [6, 6.07) is 6.66. The van der Waals surface area contributed by atoms with Gasteiger partial charge in [-0.25, -0.2) is 0 Å². The molecule has 1 N–H and O–H groups in total. The van der Waals surface area contributed by atoms with Gasteiger partial charge in [0.05, 0.1) is 0 Å². The van der Waals surface area contributed by atoms with Gasteiger partial charge in [0.25, 0.3) is 0 Å². The van der Waals surface area contributed by atoms with Crippen LogP contribution in [-0.2, 0) is 0 Å². The highest BCUT2D eigenvalue weighted by molar-refractivity contribution is 9.10. The third kappa shape index (κ3) is 2.82. The van der Waals surface area contributed by atoms with E-state index in [-0.39, 0.29) is 0 Å². The minimum atomic E-state index is 0.385. The normalized spacial score (nSPS) is 22.7. The molecule has 0 amide bonds. The molecule has 0 bridgehead atoms. The van der Waals surface area contributed by atoms with Gasteiger partial charge >= 0.3 is 0 Å². The molecule has 1 saturated carbocycles. The topological polar surface area (TPSA) is 15.3 Å². The first-order valence-electron chi connectivity index (χ1n) is 7.45. The van der Waals surface area contributed by atoms with Gasteiger partial charge in [0, 0.05) is 35.3 Å². The molecule has 0 atom stereocenters. The molecule has 1 aromatic rings. The molecule has 2 aliphatic rings. The van der Waals surface area contributed by atoms with Crippen LogP contribution in [0.2, 0.25) is 0 Å². The molecule has 3 rings (SSSR count). The third-order valence-corrected chi connectivity index (χ3v) is 5.18. The fourth-order valence-corrected chi connectivity index (χ4v) is 4.17. The molecular weight excluding hydrogens is 300 g/mol. The number of nitrogens with zero attached hydrogens (tertiary/aromatic N) is 1. The lowest BCUT2D eigenvalue weighted by Crippen LogP contribution is -2.61. The molecule has 19 heavy (non-hydrogen) atoms. The fraction of sp³-hybridized carbons (Fsp3) is 0.625. The van der Waals surface area contributed by atoms with Crippen molar-refractivity contribution in [1.82, 2.24) is 5.32 Å². The average Bonchev–Trinajstić information content (AvgIpc) is 2.39. The van der Waals surface area contributed by atoms with Gasteiger partial charge in [-0.2, -0.15) is 0 Å². The zero-order valence-corrected chi connectivity index (χ0v) is 13.3. The van der Waals surface area contributed by atoms with Crippen molar-refractivity contribution in [3.63, 3.8) is 0 Å². The number of halogens is 1. The van der Waals surface area contributed by atoms with E-state index in [0.717, 1.165) is 13.1 Å². The summed E-state index contributed by atoms with van der Waals surface area (Å²) >= 11 is 3.56. The van der Waals surface area contributed by atoms with Gasteiger partial charge in [-0.05, 0) is 43.5 Å². The number of hydrogen-bond donors (Lipinski definition) is 1. The Hall–Kier alpha value is -0.540. The molecular formula is C16H23BrN2.